The first kappa shape index (κ1) is 13.7. The summed E-state index contributed by atoms with van der Waals surface area (Å²) in [6.07, 6.45) is 0.635. The minimum atomic E-state index is -2.92. The number of aromatic nitrogens is 2. The molecule has 0 aliphatic rings. The molecule has 1 aromatic carbocycles. The quantitative estimate of drug-likeness (QED) is 0.779. The largest absolute Gasteiger partial charge is 0.434 e. The Bertz CT molecular complexity index is 548. The van der Waals surface area contributed by atoms with Crippen molar-refractivity contribution < 1.29 is 18.0 Å². The second kappa shape index (κ2) is 5.97. The number of hydrogen-bond acceptors (Lipinski definition) is 4. The number of nitrogens with zero attached hydrogens (tertiary/aromatic N) is 2. The number of benzene rings is 1. The Morgan fingerprint density at radius 1 is 1.37 bits per heavy atom. The zero-order chi connectivity index (χ0) is 13.8. The average Bonchev–Trinajstić information content (AvgIpc) is 2.87. The van der Waals surface area contributed by atoms with Crippen molar-refractivity contribution in [2.24, 2.45) is 0 Å². The molecular formula is C12H11ClF2N2O2. The summed E-state index contributed by atoms with van der Waals surface area (Å²) in [5.41, 5.74) is 0.307. The van der Waals surface area contributed by atoms with E-state index in [0.717, 1.165) is 0 Å². The van der Waals surface area contributed by atoms with Gasteiger partial charge in [0.15, 0.2) is 5.82 Å². The van der Waals surface area contributed by atoms with Crippen molar-refractivity contribution in [3.05, 3.63) is 30.1 Å². The lowest BCUT2D eigenvalue weighted by Gasteiger charge is -2.06. The van der Waals surface area contributed by atoms with Crippen molar-refractivity contribution in [3.8, 4) is 17.2 Å². The van der Waals surface area contributed by atoms with Crippen molar-refractivity contribution in [1.29, 1.82) is 0 Å². The van der Waals surface area contributed by atoms with Crippen molar-refractivity contribution >= 4 is 11.6 Å². The van der Waals surface area contributed by atoms with Crippen molar-refractivity contribution in [2.45, 2.75) is 25.3 Å². The van der Waals surface area contributed by atoms with Gasteiger partial charge in [0.25, 0.3) is 5.89 Å². The lowest BCUT2D eigenvalue weighted by molar-refractivity contribution is -0.0495. The van der Waals surface area contributed by atoms with Gasteiger partial charge < -0.3 is 9.26 Å². The maximum absolute atomic E-state index is 12.3. The Morgan fingerprint density at radius 3 is 2.79 bits per heavy atom. The SMILES string of the molecule is CCC(Cl)c1noc(-c2ccccc2OC(F)F)n1. The normalized spacial score (nSPS) is 12.7. The van der Waals surface area contributed by atoms with Crippen LogP contribution in [-0.4, -0.2) is 16.8 Å². The van der Waals surface area contributed by atoms with Gasteiger partial charge in [-0.2, -0.15) is 13.8 Å². The molecule has 19 heavy (non-hydrogen) atoms. The van der Waals surface area contributed by atoms with E-state index >= 15 is 0 Å². The molecule has 0 aliphatic heterocycles. The summed E-state index contributed by atoms with van der Waals surface area (Å²) in [5, 5.41) is 3.35. The van der Waals surface area contributed by atoms with Crippen LogP contribution in [0.5, 0.6) is 5.75 Å². The number of hydrogen-bond donors (Lipinski definition) is 0. The third-order valence-electron chi connectivity index (χ3n) is 2.41. The van der Waals surface area contributed by atoms with Crippen LogP contribution in [0.3, 0.4) is 0 Å². The van der Waals surface area contributed by atoms with Crippen molar-refractivity contribution in [3.63, 3.8) is 0 Å². The molecular weight excluding hydrogens is 278 g/mol. The Labute approximate surface area is 113 Å². The van der Waals surface area contributed by atoms with E-state index in [9.17, 15) is 8.78 Å². The van der Waals surface area contributed by atoms with E-state index in [1.54, 1.807) is 18.2 Å². The fourth-order valence-corrected chi connectivity index (χ4v) is 1.58. The molecule has 0 aliphatic carbocycles. The fourth-order valence-electron chi connectivity index (χ4n) is 1.50. The van der Waals surface area contributed by atoms with Gasteiger partial charge in [0.2, 0.25) is 0 Å². The predicted molar refractivity (Wildman–Crippen MR) is 65.3 cm³/mol. The number of para-hydroxylation sites is 1. The van der Waals surface area contributed by atoms with E-state index < -0.39 is 6.61 Å². The summed E-state index contributed by atoms with van der Waals surface area (Å²) in [6.45, 7) is -1.04. The van der Waals surface area contributed by atoms with Crippen LogP contribution in [0.15, 0.2) is 28.8 Å². The molecule has 2 rings (SSSR count). The minimum Gasteiger partial charge on any atom is -0.434 e. The molecule has 0 saturated carbocycles. The highest BCUT2D eigenvalue weighted by molar-refractivity contribution is 6.20. The smallest absolute Gasteiger partial charge is 0.387 e. The minimum absolute atomic E-state index is 0.0182. The van der Waals surface area contributed by atoms with Crippen LogP contribution in [0.25, 0.3) is 11.5 Å². The Balaban J connectivity index is 2.33. The highest BCUT2D eigenvalue weighted by Gasteiger charge is 2.18. The molecule has 1 atom stereocenters. The molecule has 0 amide bonds. The Hall–Kier alpha value is -1.69. The van der Waals surface area contributed by atoms with Crippen LogP contribution in [0.2, 0.25) is 0 Å². The van der Waals surface area contributed by atoms with Crippen molar-refractivity contribution in [2.75, 3.05) is 0 Å². The van der Waals surface area contributed by atoms with E-state index in [1.807, 2.05) is 6.92 Å². The van der Waals surface area contributed by atoms with Gasteiger partial charge in [-0.25, -0.2) is 0 Å². The van der Waals surface area contributed by atoms with Gasteiger partial charge in [-0.1, -0.05) is 24.2 Å². The Kier molecular flexibility index (Phi) is 4.31. The van der Waals surface area contributed by atoms with Crippen LogP contribution in [0, 0.1) is 0 Å². The summed E-state index contributed by atoms with van der Waals surface area (Å²) in [5.74, 6) is 0.409. The Morgan fingerprint density at radius 2 is 2.11 bits per heavy atom. The van der Waals surface area contributed by atoms with E-state index in [0.29, 0.717) is 17.8 Å². The van der Waals surface area contributed by atoms with Gasteiger partial charge in [0, 0.05) is 0 Å². The maximum atomic E-state index is 12.3. The van der Waals surface area contributed by atoms with Crippen LogP contribution in [0.4, 0.5) is 8.78 Å². The van der Waals surface area contributed by atoms with Crippen LogP contribution in [-0.2, 0) is 0 Å². The summed E-state index contributed by atoms with van der Waals surface area (Å²) < 4.78 is 34.0. The zero-order valence-corrected chi connectivity index (χ0v) is 10.8. The second-order valence-corrected chi connectivity index (χ2v) is 4.24. The number of halogens is 3. The van der Waals surface area contributed by atoms with Gasteiger partial charge in [0.1, 0.15) is 5.75 Å². The van der Waals surface area contributed by atoms with Crippen LogP contribution < -0.4 is 4.74 Å². The summed E-state index contributed by atoms with van der Waals surface area (Å²) in [7, 11) is 0. The lowest BCUT2D eigenvalue weighted by Crippen LogP contribution is -2.03. The molecule has 0 radical (unpaired) electrons. The standard InChI is InChI=1S/C12H11ClF2N2O2/c1-2-8(13)10-16-11(19-17-10)7-5-3-4-6-9(7)18-12(14)15/h3-6,8,12H,2H2,1H3. The summed E-state index contributed by atoms with van der Waals surface area (Å²) >= 11 is 5.98. The molecule has 4 nitrogen and oxygen atoms in total. The van der Waals surface area contributed by atoms with E-state index in [1.165, 1.54) is 6.07 Å². The summed E-state index contributed by atoms with van der Waals surface area (Å²) in [6, 6.07) is 6.21. The zero-order valence-electron chi connectivity index (χ0n) is 10.0. The van der Waals surface area contributed by atoms with E-state index in [4.69, 9.17) is 16.1 Å². The molecule has 7 heteroatoms. The topological polar surface area (TPSA) is 48.2 Å². The van der Waals surface area contributed by atoms with Crippen LogP contribution >= 0.6 is 11.6 Å². The third-order valence-corrected chi connectivity index (χ3v) is 2.92. The predicted octanol–water partition coefficient (Wildman–Crippen LogP) is 4.03. The third kappa shape index (κ3) is 3.20. The van der Waals surface area contributed by atoms with Gasteiger partial charge >= 0.3 is 6.61 Å². The van der Waals surface area contributed by atoms with E-state index in [-0.39, 0.29) is 17.0 Å². The second-order valence-electron chi connectivity index (χ2n) is 3.71. The molecule has 102 valence electrons. The van der Waals surface area contributed by atoms with E-state index in [2.05, 4.69) is 14.9 Å². The summed E-state index contributed by atoms with van der Waals surface area (Å²) in [4.78, 5) is 4.08. The van der Waals surface area contributed by atoms with Crippen LogP contribution in [0.1, 0.15) is 24.5 Å². The molecule has 0 spiro atoms. The fraction of sp³-hybridized carbons (Fsp3) is 0.333. The lowest BCUT2D eigenvalue weighted by atomic mass is 10.2. The van der Waals surface area contributed by atoms with Gasteiger partial charge in [-0.15, -0.1) is 11.6 Å². The molecule has 0 bridgehead atoms. The molecule has 1 unspecified atom stereocenters. The highest BCUT2D eigenvalue weighted by Crippen LogP contribution is 2.31. The first-order chi connectivity index (χ1) is 9.11. The average molecular weight is 289 g/mol. The molecule has 2 aromatic rings. The number of ether oxygens (including phenoxy) is 1. The number of rotatable bonds is 5. The number of alkyl halides is 3. The van der Waals surface area contributed by atoms with Gasteiger partial charge in [-0.05, 0) is 18.6 Å². The van der Waals surface area contributed by atoms with Crippen molar-refractivity contribution in [1.82, 2.24) is 10.1 Å². The molecule has 0 N–H and O–H groups in total. The molecule has 1 aromatic heterocycles. The maximum Gasteiger partial charge on any atom is 0.387 e. The molecule has 0 saturated heterocycles. The first-order valence-corrected chi connectivity index (χ1v) is 6.07. The first-order valence-electron chi connectivity index (χ1n) is 5.63. The monoisotopic (exact) mass is 288 g/mol. The van der Waals surface area contributed by atoms with Gasteiger partial charge in [0.05, 0.1) is 10.9 Å². The van der Waals surface area contributed by atoms with Gasteiger partial charge in [-0.3, -0.25) is 0 Å². The highest BCUT2D eigenvalue weighted by atomic mass is 35.5. The molecule has 1 heterocycles. The molecule has 0 fully saturated rings.